The summed E-state index contributed by atoms with van der Waals surface area (Å²) in [7, 11) is 0. The van der Waals surface area contributed by atoms with Gasteiger partial charge in [0.2, 0.25) is 4.33 Å². The van der Waals surface area contributed by atoms with Crippen molar-refractivity contribution < 1.29 is 14.7 Å². The lowest BCUT2D eigenvalue weighted by atomic mass is 9.98. The summed E-state index contributed by atoms with van der Waals surface area (Å²) in [6.07, 6.45) is 4.45. The van der Waals surface area contributed by atoms with Crippen LogP contribution in [0.1, 0.15) is 12.8 Å². The quantitative estimate of drug-likeness (QED) is 0.762. The summed E-state index contributed by atoms with van der Waals surface area (Å²) in [5, 5.41) is 8.46. The molecule has 0 amide bonds. The second kappa shape index (κ2) is 4.15. The van der Waals surface area contributed by atoms with E-state index in [0.717, 1.165) is 0 Å². The molecule has 0 saturated heterocycles. The molecule has 1 rings (SSSR count). The van der Waals surface area contributed by atoms with Crippen LogP contribution in [0.3, 0.4) is 0 Å². The molecule has 76 valence electrons. The molecule has 0 radical (unpaired) electrons. The molecule has 0 heterocycles. The predicted octanol–water partition coefficient (Wildman–Crippen LogP) is 2.09. The molecule has 0 unspecified atom stereocenters. The zero-order valence-electron chi connectivity index (χ0n) is 7.17. The van der Waals surface area contributed by atoms with Crippen molar-refractivity contribution in [2.45, 2.75) is 17.2 Å². The SMILES string of the molecule is O=C(O)CCC1=CC=CC(=O)C1(Cl)Cl. The van der Waals surface area contributed by atoms with Crippen LogP contribution in [0.25, 0.3) is 0 Å². The van der Waals surface area contributed by atoms with Crippen LogP contribution >= 0.6 is 23.2 Å². The van der Waals surface area contributed by atoms with Crippen molar-refractivity contribution in [1.29, 1.82) is 0 Å². The lowest BCUT2D eigenvalue weighted by Gasteiger charge is -2.22. The Bertz CT molecular complexity index is 329. The molecule has 0 spiro atoms. The van der Waals surface area contributed by atoms with Crippen molar-refractivity contribution in [2.75, 3.05) is 0 Å². The minimum Gasteiger partial charge on any atom is -0.481 e. The number of aliphatic carboxylic acids is 1. The van der Waals surface area contributed by atoms with Gasteiger partial charge in [0, 0.05) is 6.42 Å². The van der Waals surface area contributed by atoms with E-state index in [0.29, 0.717) is 5.57 Å². The second-order valence-corrected chi connectivity index (χ2v) is 4.21. The summed E-state index contributed by atoms with van der Waals surface area (Å²) in [5.41, 5.74) is 0.427. The fourth-order valence-corrected chi connectivity index (χ4v) is 1.54. The summed E-state index contributed by atoms with van der Waals surface area (Å²) in [6.45, 7) is 0. The van der Waals surface area contributed by atoms with Crippen molar-refractivity contribution in [1.82, 2.24) is 0 Å². The first-order chi connectivity index (χ1) is 6.44. The Labute approximate surface area is 91.0 Å². The Morgan fingerprint density at radius 2 is 2.14 bits per heavy atom. The van der Waals surface area contributed by atoms with Crippen LogP contribution in [0.15, 0.2) is 23.8 Å². The third kappa shape index (κ3) is 2.36. The van der Waals surface area contributed by atoms with Gasteiger partial charge in [0.05, 0.1) is 0 Å². The smallest absolute Gasteiger partial charge is 0.303 e. The van der Waals surface area contributed by atoms with E-state index in [1.165, 1.54) is 12.2 Å². The van der Waals surface area contributed by atoms with Gasteiger partial charge in [-0.25, -0.2) is 0 Å². The number of alkyl halides is 2. The molecule has 0 fully saturated rings. The summed E-state index contributed by atoms with van der Waals surface area (Å²) in [5.74, 6) is -1.37. The lowest BCUT2D eigenvalue weighted by Crippen LogP contribution is -2.29. The summed E-state index contributed by atoms with van der Waals surface area (Å²) >= 11 is 11.6. The van der Waals surface area contributed by atoms with Crippen molar-refractivity contribution in [3.05, 3.63) is 23.8 Å². The molecule has 3 nitrogen and oxygen atoms in total. The van der Waals surface area contributed by atoms with Gasteiger partial charge in [0.15, 0.2) is 5.78 Å². The Balaban J connectivity index is 2.76. The Kier molecular flexibility index (Phi) is 3.34. The predicted molar refractivity (Wildman–Crippen MR) is 53.5 cm³/mol. The number of hydrogen-bond donors (Lipinski definition) is 1. The molecular weight excluding hydrogens is 227 g/mol. The molecule has 0 atom stereocenters. The molecule has 0 aromatic heterocycles. The van der Waals surface area contributed by atoms with Gasteiger partial charge < -0.3 is 5.11 Å². The second-order valence-electron chi connectivity index (χ2n) is 2.88. The van der Waals surface area contributed by atoms with E-state index in [9.17, 15) is 9.59 Å². The average Bonchev–Trinajstić information content (AvgIpc) is 2.07. The fourth-order valence-electron chi connectivity index (χ4n) is 1.10. The third-order valence-electron chi connectivity index (χ3n) is 1.87. The van der Waals surface area contributed by atoms with Crippen molar-refractivity contribution in [3.8, 4) is 0 Å². The maximum absolute atomic E-state index is 11.2. The monoisotopic (exact) mass is 234 g/mol. The van der Waals surface area contributed by atoms with E-state index in [-0.39, 0.29) is 12.8 Å². The average molecular weight is 235 g/mol. The maximum atomic E-state index is 11.2. The highest BCUT2D eigenvalue weighted by Crippen LogP contribution is 2.36. The number of hydrogen-bond acceptors (Lipinski definition) is 2. The van der Waals surface area contributed by atoms with Crippen LogP contribution in [0, 0.1) is 0 Å². The van der Waals surface area contributed by atoms with E-state index >= 15 is 0 Å². The van der Waals surface area contributed by atoms with Gasteiger partial charge in [0.25, 0.3) is 0 Å². The molecule has 0 aromatic rings. The molecule has 0 saturated carbocycles. The van der Waals surface area contributed by atoms with Crippen LogP contribution in [0.4, 0.5) is 0 Å². The van der Waals surface area contributed by atoms with E-state index in [1.807, 2.05) is 0 Å². The van der Waals surface area contributed by atoms with Gasteiger partial charge >= 0.3 is 5.97 Å². The Morgan fingerprint density at radius 1 is 1.50 bits per heavy atom. The fraction of sp³-hybridized carbons (Fsp3) is 0.333. The van der Waals surface area contributed by atoms with Crippen LogP contribution in [-0.4, -0.2) is 21.2 Å². The van der Waals surface area contributed by atoms with Gasteiger partial charge in [-0.3, -0.25) is 9.59 Å². The maximum Gasteiger partial charge on any atom is 0.303 e. The van der Waals surface area contributed by atoms with E-state index in [1.54, 1.807) is 6.08 Å². The van der Waals surface area contributed by atoms with Gasteiger partial charge in [-0.1, -0.05) is 35.4 Å². The van der Waals surface area contributed by atoms with Crippen LogP contribution < -0.4 is 0 Å². The minimum atomic E-state index is -1.59. The van der Waals surface area contributed by atoms with Crippen molar-refractivity contribution in [3.63, 3.8) is 0 Å². The summed E-state index contributed by atoms with van der Waals surface area (Å²) in [6, 6.07) is 0. The van der Waals surface area contributed by atoms with Crippen LogP contribution in [-0.2, 0) is 9.59 Å². The van der Waals surface area contributed by atoms with Gasteiger partial charge in [-0.2, -0.15) is 0 Å². The van der Waals surface area contributed by atoms with Crippen molar-refractivity contribution in [2.24, 2.45) is 0 Å². The van der Waals surface area contributed by atoms with Gasteiger partial charge in [-0.15, -0.1) is 0 Å². The number of carbonyl (C=O) groups excluding carboxylic acids is 1. The third-order valence-corrected chi connectivity index (χ3v) is 2.72. The number of rotatable bonds is 3. The molecule has 1 aliphatic carbocycles. The standard InChI is InChI=1S/C9H8Cl2O3/c10-9(11)6(4-5-8(13)14)2-1-3-7(9)12/h1-3H,4-5H2,(H,13,14). The highest BCUT2D eigenvalue weighted by Gasteiger charge is 2.37. The molecule has 14 heavy (non-hydrogen) atoms. The van der Waals surface area contributed by atoms with E-state index < -0.39 is 16.1 Å². The molecule has 5 heteroatoms. The molecule has 0 bridgehead atoms. The normalized spacial score (nSPS) is 19.3. The number of allylic oxidation sites excluding steroid dienone is 4. The Morgan fingerprint density at radius 3 is 2.71 bits per heavy atom. The molecule has 1 aliphatic rings. The highest BCUT2D eigenvalue weighted by atomic mass is 35.5. The highest BCUT2D eigenvalue weighted by molar-refractivity contribution is 6.61. The number of carboxylic acids is 1. The number of carboxylic acid groups (broad SMARTS) is 1. The summed E-state index contributed by atoms with van der Waals surface area (Å²) in [4.78, 5) is 21.6. The van der Waals surface area contributed by atoms with Gasteiger partial charge in [0.1, 0.15) is 0 Å². The van der Waals surface area contributed by atoms with E-state index in [2.05, 4.69) is 0 Å². The molecule has 0 aromatic carbocycles. The zero-order valence-corrected chi connectivity index (χ0v) is 8.68. The number of carbonyl (C=O) groups is 2. The van der Waals surface area contributed by atoms with Gasteiger partial charge in [-0.05, 0) is 18.1 Å². The van der Waals surface area contributed by atoms with Crippen LogP contribution in [0.2, 0.25) is 0 Å². The van der Waals surface area contributed by atoms with E-state index in [4.69, 9.17) is 28.3 Å². The first-order valence-electron chi connectivity index (χ1n) is 3.96. The number of halogens is 2. The first-order valence-corrected chi connectivity index (χ1v) is 4.72. The minimum absolute atomic E-state index is 0.0891. The van der Waals surface area contributed by atoms with Crippen molar-refractivity contribution >= 4 is 35.0 Å². The first kappa shape index (κ1) is 11.3. The Hall–Kier alpha value is -0.800. The van der Waals surface area contributed by atoms with Crippen LogP contribution in [0.5, 0.6) is 0 Å². The molecular formula is C9H8Cl2O3. The molecule has 1 N–H and O–H groups in total. The number of ketones is 1. The largest absolute Gasteiger partial charge is 0.481 e. The summed E-state index contributed by atoms with van der Waals surface area (Å²) < 4.78 is -1.59. The lowest BCUT2D eigenvalue weighted by molar-refractivity contribution is -0.137. The topological polar surface area (TPSA) is 54.4 Å². The zero-order chi connectivity index (χ0) is 10.8. The molecule has 0 aliphatic heterocycles.